The van der Waals surface area contributed by atoms with Crippen molar-refractivity contribution in [3.63, 3.8) is 0 Å². The quantitative estimate of drug-likeness (QED) is 0.895. The topological polar surface area (TPSA) is 76.7 Å². The van der Waals surface area contributed by atoms with Gasteiger partial charge in [-0.3, -0.25) is 4.79 Å². The summed E-state index contributed by atoms with van der Waals surface area (Å²) in [6, 6.07) is 7.34. The van der Waals surface area contributed by atoms with Gasteiger partial charge in [0.25, 0.3) is 0 Å². The lowest BCUT2D eigenvalue weighted by molar-refractivity contribution is -0.123. The van der Waals surface area contributed by atoms with E-state index >= 15 is 0 Å². The molecule has 1 saturated heterocycles. The van der Waals surface area contributed by atoms with Crippen LogP contribution in [0.1, 0.15) is 38.7 Å². The van der Waals surface area contributed by atoms with Gasteiger partial charge in [0.15, 0.2) is 0 Å². The molecule has 0 aliphatic carbocycles. The Morgan fingerprint density at radius 3 is 2.48 bits per heavy atom. The third kappa shape index (κ3) is 4.87. The lowest BCUT2D eigenvalue weighted by Gasteiger charge is -2.33. The van der Waals surface area contributed by atoms with E-state index in [-0.39, 0.29) is 17.9 Å². The van der Waals surface area contributed by atoms with Crippen LogP contribution in [-0.4, -0.2) is 37.3 Å². The van der Waals surface area contributed by atoms with Crippen LogP contribution in [0.2, 0.25) is 0 Å². The number of methoxy groups -OCH3 is 1. The summed E-state index contributed by atoms with van der Waals surface area (Å²) in [5.41, 5.74) is 0.430. The van der Waals surface area contributed by atoms with Crippen molar-refractivity contribution in [1.29, 1.82) is 0 Å². The smallest absolute Gasteiger partial charge is 0.407 e. The molecular formula is C17H24N2O4. The first-order valence-corrected chi connectivity index (χ1v) is 7.68. The Balaban J connectivity index is 2.12. The Hall–Kier alpha value is -2.24. The van der Waals surface area contributed by atoms with Gasteiger partial charge in [-0.2, -0.15) is 0 Å². The van der Waals surface area contributed by atoms with E-state index in [1.54, 1.807) is 7.11 Å². The van der Waals surface area contributed by atoms with Crippen LogP contribution in [0, 0.1) is 0 Å². The summed E-state index contributed by atoms with van der Waals surface area (Å²) in [5.74, 6) is 0.640. The second-order valence-corrected chi connectivity index (χ2v) is 6.64. The van der Waals surface area contributed by atoms with Gasteiger partial charge in [0.05, 0.1) is 13.2 Å². The van der Waals surface area contributed by atoms with Gasteiger partial charge in [-0.25, -0.2) is 4.79 Å². The summed E-state index contributed by atoms with van der Waals surface area (Å²) in [6.07, 6.45) is -0.149. The Morgan fingerprint density at radius 2 is 1.91 bits per heavy atom. The molecule has 1 heterocycles. The van der Waals surface area contributed by atoms with Gasteiger partial charge in [0.2, 0.25) is 5.91 Å². The highest BCUT2D eigenvalue weighted by atomic mass is 16.6. The zero-order valence-electron chi connectivity index (χ0n) is 14.0. The Kier molecular flexibility index (Phi) is 5.13. The summed E-state index contributed by atoms with van der Waals surface area (Å²) < 4.78 is 10.5. The van der Waals surface area contributed by atoms with Gasteiger partial charge in [-0.15, -0.1) is 0 Å². The number of amides is 2. The molecule has 0 unspecified atom stereocenters. The molecule has 23 heavy (non-hydrogen) atoms. The molecular weight excluding hydrogens is 296 g/mol. The summed E-state index contributed by atoms with van der Waals surface area (Å²) in [4.78, 5) is 23.8. The number of carbonyl (C=O) groups is 2. The molecule has 0 spiro atoms. The summed E-state index contributed by atoms with van der Waals surface area (Å²) in [5, 5.41) is 5.65. The van der Waals surface area contributed by atoms with Gasteiger partial charge >= 0.3 is 6.09 Å². The molecule has 1 aromatic rings. The van der Waals surface area contributed by atoms with Crippen LogP contribution in [0.15, 0.2) is 24.3 Å². The molecule has 2 N–H and O–H groups in total. The van der Waals surface area contributed by atoms with Crippen LogP contribution in [-0.2, 0) is 9.53 Å². The fourth-order valence-electron chi connectivity index (χ4n) is 2.59. The zero-order chi connectivity index (χ0) is 17.0. The number of rotatable bonds is 3. The van der Waals surface area contributed by atoms with Crippen molar-refractivity contribution in [3.8, 4) is 5.75 Å². The average molecular weight is 320 g/mol. The third-order valence-electron chi connectivity index (χ3n) is 3.66. The Labute approximate surface area is 136 Å². The molecule has 1 fully saturated rings. The van der Waals surface area contributed by atoms with Crippen molar-refractivity contribution in [3.05, 3.63) is 29.8 Å². The minimum absolute atomic E-state index is 0.0203. The molecule has 0 bridgehead atoms. The van der Waals surface area contributed by atoms with Crippen LogP contribution in [0.25, 0.3) is 0 Å². The predicted octanol–water partition coefficient (Wildman–Crippen LogP) is 2.19. The number of alkyl carbamates (subject to hydrolysis) is 1. The molecule has 1 aliphatic rings. The number of ether oxygens (including phenoxy) is 2. The largest absolute Gasteiger partial charge is 0.497 e. The van der Waals surface area contributed by atoms with Gasteiger partial charge in [0, 0.05) is 18.9 Å². The molecule has 2 rings (SSSR count). The number of hydrogen-bond donors (Lipinski definition) is 2. The van der Waals surface area contributed by atoms with Crippen molar-refractivity contribution >= 4 is 12.0 Å². The highest BCUT2D eigenvalue weighted by Gasteiger charge is 2.32. The molecule has 2 amide bonds. The number of carbonyl (C=O) groups excluding carboxylic acids is 2. The van der Waals surface area contributed by atoms with E-state index in [2.05, 4.69) is 10.6 Å². The first-order valence-electron chi connectivity index (χ1n) is 7.68. The third-order valence-corrected chi connectivity index (χ3v) is 3.66. The minimum atomic E-state index is -0.558. The van der Waals surface area contributed by atoms with E-state index in [1.165, 1.54) is 0 Å². The maximum atomic E-state index is 12.0. The minimum Gasteiger partial charge on any atom is -0.497 e. The molecule has 126 valence electrons. The average Bonchev–Trinajstić information content (AvgIpc) is 2.47. The lowest BCUT2D eigenvalue weighted by atomic mass is 9.85. The van der Waals surface area contributed by atoms with Crippen molar-refractivity contribution in [2.75, 3.05) is 13.7 Å². The molecule has 0 aromatic heterocycles. The fraction of sp³-hybridized carbons (Fsp3) is 0.529. The molecule has 1 aliphatic heterocycles. The van der Waals surface area contributed by atoms with Crippen LogP contribution in [0.3, 0.4) is 0 Å². The van der Waals surface area contributed by atoms with Gasteiger partial charge in [-0.1, -0.05) is 12.1 Å². The SMILES string of the molecule is COc1ccc([C@@H]2CC(=O)NC[C@H]2NC(=O)OC(C)(C)C)cc1. The van der Waals surface area contributed by atoms with E-state index in [4.69, 9.17) is 9.47 Å². The van der Waals surface area contributed by atoms with Crippen LogP contribution < -0.4 is 15.4 Å². The molecule has 6 nitrogen and oxygen atoms in total. The standard InChI is InChI=1S/C17H24N2O4/c1-17(2,3)23-16(21)19-14-10-18-15(20)9-13(14)11-5-7-12(22-4)8-6-11/h5-8,13-14H,9-10H2,1-4H3,(H,18,20)(H,19,21)/t13-,14+/m0/s1. The second kappa shape index (κ2) is 6.89. The van der Waals surface area contributed by atoms with E-state index in [0.29, 0.717) is 13.0 Å². The number of piperidine rings is 1. The maximum Gasteiger partial charge on any atom is 0.407 e. The Morgan fingerprint density at radius 1 is 1.26 bits per heavy atom. The van der Waals surface area contributed by atoms with Crippen molar-refractivity contribution in [2.24, 2.45) is 0 Å². The van der Waals surface area contributed by atoms with Gasteiger partial charge in [0.1, 0.15) is 11.4 Å². The van der Waals surface area contributed by atoms with E-state index < -0.39 is 11.7 Å². The number of nitrogens with one attached hydrogen (secondary N) is 2. The van der Waals surface area contributed by atoms with Gasteiger partial charge < -0.3 is 20.1 Å². The lowest BCUT2D eigenvalue weighted by Crippen LogP contribution is -2.52. The predicted molar refractivity (Wildman–Crippen MR) is 86.5 cm³/mol. The normalized spacial score (nSPS) is 21.3. The highest BCUT2D eigenvalue weighted by molar-refractivity contribution is 5.79. The van der Waals surface area contributed by atoms with E-state index in [9.17, 15) is 9.59 Å². The van der Waals surface area contributed by atoms with Crippen LogP contribution in [0.4, 0.5) is 4.79 Å². The van der Waals surface area contributed by atoms with Crippen LogP contribution in [0.5, 0.6) is 5.75 Å². The Bertz CT molecular complexity index is 563. The summed E-state index contributed by atoms with van der Waals surface area (Å²) >= 11 is 0. The summed E-state index contributed by atoms with van der Waals surface area (Å²) in [7, 11) is 1.61. The van der Waals surface area contributed by atoms with Crippen molar-refractivity contribution in [1.82, 2.24) is 10.6 Å². The van der Waals surface area contributed by atoms with Crippen molar-refractivity contribution < 1.29 is 19.1 Å². The van der Waals surface area contributed by atoms with E-state index in [1.807, 2.05) is 45.0 Å². The number of benzene rings is 1. The maximum absolute atomic E-state index is 12.0. The summed E-state index contributed by atoms with van der Waals surface area (Å²) in [6.45, 7) is 5.83. The zero-order valence-corrected chi connectivity index (χ0v) is 14.0. The molecule has 1 aromatic carbocycles. The molecule has 0 saturated carbocycles. The van der Waals surface area contributed by atoms with Gasteiger partial charge in [-0.05, 0) is 38.5 Å². The van der Waals surface area contributed by atoms with Crippen molar-refractivity contribution in [2.45, 2.75) is 44.8 Å². The highest BCUT2D eigenvalue weighted by Crippen LogP contribution is 2.28. The fourth-order valence-corrected chi connectivity index (χ4v) is 2.59. The first kappa shape index (κ1) is 17.1. The van der Waals surface area contributed by atoms with Crippen LogP contribution >= 0.6 is 0 Å². The number of hydrogen-bond acceptors (Lipinski definition) is 4. The molecule has 2 atom stereocenters. The first-order chi connectivity index (χ1) is 10.8. The molecule has 0 radical (unpaired) electrons. The molecule has 6 heteroatoms. The van der Waals surface area contributed by atoms with E-state index in [0.717, 1.165) is 11.3 Å². The monoisotopic (exact) mass is 320 g/mol. The second-order valence-electron chi connectivity index (χ2n) is 6.64.